The van der Waals surface area contributed by atoms with Crippen LogP contribution in [0.25, 0.3) is 10.9 Å². The van der Waals surface area contributed by atoms with Gasteiger partial charge in [-0.15, -0.1) is 0 Å². The van der Waals surface area contributed by atoms with Gasteiger partial charge in [0.2, 0.25) is 5.96 Å². The van der Waals surface area contributed by atoms with E-state index in [1.807, 2.05) is 31.2 Å². The van der Waals surface area contributed by atoms with Crippen molar-refractivity contribution in [1.82, 2.24) is 4.98 Å². The Hall–Kier alpha value is -2.63. The van der Waals surface area contributed by atoms with Crippen molar-refractivity contribution in [1.29, 1.82) is 0 Å². The van der Waals surface area contributed by atoms with E-state index in [1.165, 1.54) is 0 Å². The lowest BCUT2D eigenvalue weighted by molar-refractivity contribution is 1.35. The van der Waals surface area contributed by atoms with Gasteiger partial charge in [0.15, 0.2) is 5.96 Å². The van der Waals surface area contributed by atoms with Gasteiger partial charge in [-0.25, -0.2) is 4.99 Å². The zero-order valence-electron chi connectivity index (χ0n) is 9.96. The van der Waals surface area contributed by atoms with E-state index in [0.29, 0.717) is 5.69 Å². The molecule has 0 saturated heterocycles. The summed E-state index contributed by atoms with van der Waals surface area (Å²) in [5, 5.41) is 1.08. The van der Waals surface area contributed by atoms with Gasteiger partial charge in [0, 0.05) is 11.6 Å². The van der Waals surface area contributed by atoms with Crippen LogP contribution in [0.2, 0.25) is 0 Å². The molecule has 0 saturated carbocycles. The van der Waals surface area contributed by atoms with Crippen molar-refractivity contribution in [3.05, 3.63) is 36.0 Å². The molecule has 0 bridgehead atoms. The van der Waals surface area contributed by atoms with Gasteiger partial charge >= 0.3 is 0 Å². The third-order valence-electron chi connectivity index (χ3n) is 2.43. The Morgan fingerprint density at radius 1 is 1.17 bits per heavy atom. The van der Waals surface area contributed by atoms with E-state index < -0.39 is 0 Å². The summed E-state index contributed by atoms with van der Waals surface area (Å²) in [5.74, 6) is -0.104. The van der Waals surface area contributed by atoms with Gasteiger partial charge in [0.1, 0.15) is 0 Å². The molecule has 1 aromatic carbocycles. The van der Waals surface area contributed by atoms with Crippen LogP contribution < -0.4 is 17.2 Å². The first-order valence-corrected chi connectivity index (χ1v) is 5.35. The van der Waals surface area contributed by atoms with Crippen LogP contribution in [0.3, 0.4) is 0 Å². The fourth-order valence-corrected chi connectivity index (χ4v) is 1.64. The highest BCUT2D eigenvalue weighted by Crippen LogP contribution is 2.21. The normalized spacial score (nSPS) is 11.5. The van der Waals surface area contributed by atoms with Crippen LogP contribution in [0.5, 0.6) is 0 Å². The minimum Gasteiger partial charge on any atom is -0.370 e. The molecule has 0 aliphatic heterocycles. The van der Waals surface area contributed by atoms with Crippen molar-refractivity contribution >= 4 is 28.5 Å². The molecular formula is C12H14N6. The fourth-order valence-electron chi connectivity index (χ4n) is 1.64. The van der Waals surface area contributed by atoms with Gasteiger partial charge in [-0.1, -0.05) is 6.07 Å². The standard InChI is InChI=1S/C12H14N6/c1-7-4-5-16-10-6-8(2-3-9(7)10)17-12(15)18-11(13)14/h2-6H,1H3,(H6,13,14,15,17,18). The van der Waals surface area contributed by atoms with Gasteiger partial charge in [0.25, 0.3) is 0 Å². The second kappa shape index (κ2) is 4.70. The number of nitrogens with two attached hydrogens (primary N) is 3. The van der Waals surface area contributed by atoms with E-state index in [-0.39, 0.29) is 11.9 Å². The molecule has 18 heavy (non-hydrogen) atoms. The Morgan fingerprint density at radius 3 is 2.67 bits per heavy atom. The molecule has 0 atom stereocenters. The predicted octanol–water partition coefficient (Wildman–Crippen LogP) is 0.763. The molecule has 2 aromatic rings. The number of aliphatic imine (C=N–C) groups is 2. The lowest BCUT2D eigenvalue weighted by Gasteiger charge is -2.02. The number of guanidine groups is 2. The number of fused-ring (bicyclic) bond motifs is 1. The summed E-state index contributed by atoms with van der Waals surface area (Å²) in [5.41, 5.74) is 18.7. The Balaban J connectivity index is 2.45. The van der Waals surface area contributed by atoms with Crippen molar-refractivity contribution < 1.29 is 0 Å². The molecule has 0 aliphatic rings. The molecule has 2 rings (SSSR count). The van der Waals surface area contributed by atoms with Crippen molar-refractivity contribution in [3.8, 4) is 0 Å². The molecule has 92 valence electrons. The van der Waals surface area contributed by atoms with E-state index in [1.54, 1.807) is 6.20 Å². The van der Waals surface area contributed by atoms with Gasteiger partial charge in [-0.05, 0) is 30.7 Å². The second-order valence-corrected chi connectivity index (χ2v) is 3.84. The molecule has 0 fully saturated rings. The van der Waals surface area contributed by atoms with E-state index >= 15 is 0 Å². The summed E-state index contributed by atoms with van der Waals surface area (Å²) >= 11 is 0. The van der Waals surface area contributed by atoms with E-state index in [4.69, 9.17) is 17.2 Å². The van der Waals surface area contributed by atoms with Crippen molar-refractivity contribution in [2.24, 2.45) is 27.2 Å². The number of pyridine rings is 1. The summed E-state index contributed by atoms with van der Waals surface area (Å²) in [6.45, 7) is 2.03. The number of nitrogens with zero attached hydrogens (tertiary/aromatic N) is 3. The van der Waals surface area contributed by atoms with Gasteiger partial charge in [-0.2, -0.15) is 4.99 Å². The lowest BCUT2D eigenvalue weighted by Crippen LogP contribution is -2.26. The maximum absolute atomic E-state index is 5.56. The maximum Gasteiger partial charge on any atom is 0.223 e. The molecule has 6 N–H and O–H groups in total. The fraction of sp³-hybridized carbons (Fsp3) is 0.0833. The number of aryl methyl sites for hydroxylation is 1. The summed E-state index contributed by atoms with van der Waals surface area (Å²) in [7, 11) is 0. The third-order valence-corrected chi connectivity index (χ3v) is 2.43. The zero-order chi connectivity index (χ0) is 13.1. The van der Waals surface area contributed by atoms with E-state index in [9.17, 15) is 0 Å². The summed E-state index contributed by atoms with van der Waals surface area (Å²) in [6, 6.07) is 7.57. The van der Waals surface area contributed by atoms with Crippen LogP contribution in [0.4, 0.5) is 5.69 Å². The minimum atomic E-state index is -0.119. The van der Waals surface area contributed by atoms with Crippen molar-refractivity contribution in [3.63, 3.8) is 0 Å². The quantitative estimate of drug-likeness (QED) is 0.505. The summed E-state index contributed by atoms with van der Waals surface area (Å²) < 4.78 is 0. The van der Waals surface area contributed by atoms with Crippen LogP contribution in [-0.4, -0.2) is 16.9 Å². The first-order chi connectivity index (χ1) is 8.56. The highest BCUT2D eigenvalue weighted by molar-refractivity contribution is 5.94. The van der Waals surface area contributed by atoms with Gasteiger partial charge < -0.3 is 17.2 Å². The molecular weight excluding hydrogens is 228 g/mol. The molecule has 1 heterocycles. The van der Waals surface area contributed by atoms with Crippen molar-refractivity contribution in [2.45, 2.75) is 6.92 Å². The number of rotatable bonds is 1. The minimum absolute atomic E-state index is 0.0157. The summed E-state index contributed by atoms with van der Waals surface area (Å²) in [4.78, 5) is 12.0. The van der Waals surface area contributed by atoms with Crippen LogP contribution >= 0.6 is 0 Å². The molecule has 6 nitrogen and oxygen atoms in total. The van der Waals surface area contributed by atoms with Crippen LogP contribution in [-0.2, 0) is 0 Å². The first-order valence-electron chi connectivity index (χ1n) is 5.35. The lowest BCUT2D eigenvalue weighted by atomic mass is 10.1. The molecule has 0 aliphatic carbocycles. The van der Waals surface area contributed by atoms with Crippen molar-refractivity contribution in [2.75, 3.05) is 0 Å². The first kappa shape index (κ1) is 11.8. The topological polar surface area (TPSA) is 116 Å². The number of aromatic nitrogens is 1. The molecule has 6 heteroatoms. The smallest absolute Gasteiger partial charge is 0.223 e. The monoisotopic (exact) mass is 242 g/mol. The zero-order valence-corrected chi connectivity index (χ0v) is 9.96. The molecule has 1 aromatic heterocycles. The molecule has 0 spiro atoms. The molecule has 0 unspecified atom stereocenters. The summed E-state index contributed by atoms with van der Waals surface area (Å²) in [6.07, 6.45) is 1.75. The molecule has 0 amide bonds. The SMILES string of the molecule is Cc1ccnc2cc(N=C(N)N=C(N)N)ccc12. The Labute approximate surface area is 104 Å². The Bertz CT molecular complexity index is 640. The average molecular weight is 242 g/mol. The van der Waals surface area contributed by atoms with Crippen LogP contribution in [0.15, 0.2) is 40.4 Å². The number of benzene rings is 1. The van der Waals surface area contributed by atoms with E-state index in [0.717, 1.165) is 16.5 Å². The highest BCUT2D eigenvalue weighted by atomic mass is 15.1. The maximum atomic E-state index is 5.56. The van der Waals surface area contributed by atoms with Crippen LogP contribution in [0.1, 0.15) is 5.56 Å². The third kappa shape index (κ3) is 2.54. The molecule has 0 radical (unpaired) electrons. The van der Waals surface area contributed by atoms with Gasteiger partial charge in [-0.3, -0.25) is 4.98 Å². The Morgan fingerprint density at radius 2 is 1.94 bits per heavy atom. The van der Waals surface area contributed by atoms with Crippen LogP contribution in [0, 0.1) is 6.92 Å². The van der Waals surface area contributed by atoms with Gasteiger partial charge in [0.05, 0.1) is 11.2 Å². The number of hydrogen-bond donors (Lipinski definition) is 3. The Kier molecular flexibility index (Phi) is 3.09. The highest BCUT2D eigenvalue weighted by Gasteiger charge is 2.00. The largest absolute Gasteiger partial charge is 0.370 e. The van der Waals surface area contributed by atoms with E-state index in [2.05, 4.69) is 15.0 Å². The average Bonchev–Trinajstić information content (AvgIpc) is 2.27. The second-order valence-electron chi connectivity index (χ2n) is 3.84. The predicted molar refractivity (Wildman–Crippen MR) is 73.6 cm³/mol. The number of hydrogen-bond acceptors (Lipinski definition) is 2.